The lowest BCUT2D eigenvalue weighted by Crippen LogP contribution is -2.24. The summed E-state index contributed by atoms with van der Waals surface area (Å²) in [7, 11) is 0. The number of fused-ring (bicyclic) bond motifs is 2. The third-order valence-electron chi connectivity index (χ3n) is 6.78. The number of alkyl halides is 3. The molecule has 0 radical (unpaired) electrons. The van der Waals surface area contributed by atoms with Gasteiger partial charge in [-0.15, -0.1) is 11.8 Å². The second-order valence-electron chi connectivity index (χ2n) is 9.08. The van der Waals surface area contributed by atoms with E-state index in [4.69, 9.17) is 4.84 Å². The van der Waals surface area contributed by atoms with Gasteiger partial charge in [0.1, 0.15) is 5.94 Å². The molecule has 2 aliphatic rings. The lowest BCUT2D eigenvalue weighted by Gasteiger charge is -2.15. The van der Waals surface area contributed by atoms with Crippen molar-refractivity contribution in [2.75, 3.05) is 11.7 Å². The Morgan fingerprint density at radius 3 is 2.47 bits per heavy atom. The van der Waals surface area contributed by atoms with Crippen LogP contribution in [-0.2, 0) is 11.0 Å². The number of thioether (sulfide) groups is 1. The third-order valence-corrected chi connectivity index (χ3v) is 7.59. The Bertz CT molecular complexity index is 1410. The topological polar surface area (TPSA) is 38.3 Å². The van der Waals surface area contributed by atoms with Crippen molar-refractivity contribution in [2.24, 2.45) is 0 Å². The van der Waals surface area contributed by atoms with Gasteiger partial charge in [-0.25, -0.2) is 5.48 Å². The number of carbonyl (C=O) groups is 1. The highest BCUT2D eigenvalue weighted by atomic mass is 32.2. The van der Waals surface area contributed by atoms with E-state index in [-0.39, 0.29) is 5.94 Å². The van der Waals surface area contributed by atoms with Crippen molar-refractivity contribution in [1.29, 1.82) is 0 Å². The first-order valence-electron chi connectivity index (χ1n) is 12.4. The number of halogens is 3. The molecule has 0 saturated carbocycles. The van der Waals surface area contributed by atoms with Gasteiger partial charge in [0.15, 0.2) is 0 Å². The zero-order chi connectivity index (χ0) is 26.5. The van der Waals surface area contributed by atoms with Gasteiger partial charge in [-0.1, -0.05) is 78.9 Å². The van der Waals surface area contributed by atoms with Crippen LogP contribution in [0.15, 0.2) is 103 Å². The standard InChI is InChI=1S/C31H26F3NO2S/c32-31(33,34)22-16-14-21(15-17-22)23-8-4-7-13-29(23)30(36)35-37-20-38-19-18-28-26-10-3-1-2-9-24(26)25-11-5-6-12-27(25)28/h1-8,10-17,28H,9,18-20H2,(H,35,36). The fraction of sp³-hybridized carbons (Fsp3) is 0.194. The molecule has 38 heavy (non-hydrogen) atoms. The molecule has 0 aromatic heterocycles. The Balaban J connectivity index is 1.14. The normalized spacial score (nSPS) is 16.2. The maximum Gasteiger partial charge on any atom is 0.416 e. The van der Waals surface area contributed by atoms with E-state index in [1.165, 1.54) is 34.4 Å². The second-order valence-corrected chi connectivity index (χ2v) is 10.1. The van der Waals surface area contributed by atoms with Crippen LogP contribution in [0.1, 0.15) is 45.8 Å². The Labute approximate surface area is 224 Å². The van der Waals surface area contributed by atoms with E-state index in [1.54, 1.807) is 36.0 Å². The first-order valence-corrected chi connectivity index (χ1v) is 13.5. The van der Waals surface area contributed by atoms with Crippen molar-refractivity contribution in [3.8, 4) is 11.1 Å². The number of hydrogen-bond acceptors (Lipinski definition) is 3. The molecule has 1 atom stereocenters. The summed E-state index contributed by atoms with van der Waals surface area (Å²) >= 11 is 1.60. The molecule has 0 bridgehead atoms. The fourth-order valence-corrected chi connectivity index (χ4v) is 5.67. The van der Waals surface area contributed by atoms with Gasteiger partial charge in [0.2, 0.25) is 0 Å². The maximum atomic E-state index is 12.9. The van der Waals surface area contributed by atoms with Gasteiger partial charge in [0.05, 0.1) is 5.56 Å². The average molecular weight is 534 g/mol. The SMILES string of the molecule is O=C(NOCSCCC1C2=C(CC=CC=C2)c2ccccc21)c1ccccc1-c1ccc(C(F)(F)F)cc1. The van der Waals surface area contributed by atoms with Crippen LogP contribution in [0.5, 0.6) is 0 Å². The minimum Gasteiger partial charge on any atom is -0.267 e. The van der Waals surface area contributed by atoms with E-state index in [1.807, 2.05) is 0 Å². The third kappa shape index (κ3) is 5.64. The highest BCUT2D eigenvalue weighted by Crippen LogP contribution is 2.46. The zero-order valence-electron chi connectivity index (χ0n) is 20.5. The molecule has 3 nitrogen and oxygen atoms in total. The summed E-state index contributed by atoms with van der Waals surface area (Å²) in [5.41, 5.74) is 8.60. The van der Waals surface area contributed by atoms with Crippen LogP contribution in [0.2, 0.25) is 0 Å². The van der Waals surface area contributed by atoms with Gasteiger partial charge in [-0.3, -0.25) is 9.63 Å². The number of carbonyl (C=O) groups excluding carboxylic acids is 1. The molecule has 7 heteroatoms. The van der Waals surface area contributed by atoms with E-state index >= 15 is 0 Å². The summed E-state index contributed by atoms with van der Waals surface area (Å²) in [6.45, 7) is 0. The Hall–Kier alpha value is -3.55. The fourth-order valence-electron chi connectivity index (χ4n) is 5.01. The largest absolute Gasteiger partial charge is 0.416 e. The Morgan fingerprint density at radius 2 is 1.68 bits per heavy atom. The molecule has 0 heterocycles. The first-order chi connectivity index (χ1) is 18.4. The molecule has 1 amide bonds. The maximum absolute atomic E-state index is 12.9. The van der Waals surface area contributed by atoms with Gasteiger partial charge in [0, 0.05) is 11.5 Å². The molecule has 1 N–H and O–H groups in total. The molecule has 0 saturated heterocycles. The molecule has 3 aromatic rings. The van der Waals surface area contributed by atoms with Crippen molar-refractivity contribution in [3.63, 3.8) is 0 Å². The summed E-state index contributed by atoms with van der Waals surface area (Å²) in [6, 6.07) is 20.1. The van der Waals surface area contributed by atoms with E-state index in [0.717, 1.165) is 30.7 Å². The molecule has 2 aliphatic carbocycles. The zero-order valence-corrected chi connectivity index (χ0v) is 21.3. The molecular weight excluding hydrogens is 507 g/mol. The average Bonchev–Trinajstić information content (AvgIpc) is 3.05. The van der Waals surface area contributed by atoms with E-state index in [9.17, 15) is 18.0 Å². The minimum absolute atomic E-state index is 0.284. The summed E-state index contributed by atoms with van der Waals surface area (Å²) in [6.07, 6.45) is 6.10. The molecule has 5 rings (SSSR count). The first kappa shape index (κ1) is 26.1. The highest BCUT2D eigenvalue weighted by molar-refractivity contribution is 7.99. The van der Waals surface area contributed by atoms with E-state index in [2.05, 4.69) is 54.0 Å². The van der Waals surface area contributed by atoms with Crippen LogP contribution >= 0.6 is 11.8 Å². The summed E-state index contributed by atoms with van der Waals surface area (Å²) in [4.78, 5) is 18.2. The van der Waals surface area contributed by atoms with E-state index in [0.29, 0.717) is 22.6 Å². The molecule has 1 unspecified atom stereocenters. The van der Waals surface area contributed by atoms with Crippen LogP contribution in [0.25, 0.3) is 16.7 Å². The summed E-state index contributed by atoms with van der Waals surface area (Å²) in [5.74, 6) is 1.03. The molecule has 0 fully saturated rings. The number of nitrogens with one attached hydrogen (secondary N) is 1. The van der Waals surface area contributed by atoms with Gasteiger partial charge in [-0.05, 0) is 70.2 Å². The molecule has 194 valence electrons. The van der Waals surface area contributed by atoms with Crippen molar-refractivity contribution >= 4 is 23.2 Å². The van der Waals surface area contributed by atoms with Crippen LogP contribution < -0.4 is 5.48 Å². The Morgan fingerprint density at radius 1 is 0.947 bits per heavy atom. The lowest BCUT2D eigenvalue weighted by molar-refractivity contribution is -0.137. The van der Waals surface area contributed by atoms with E-state index < -0.39 is 17.6 Å². The number of hydroxylamine groups is 1. The van der Waals surface area contributed by atoms with Crippen LogP contribution in [0.4, 0.5) is 13.2 Å². The number of amides is 1. The van der Waals surface area contributed by atoms with Crippen molar-refractivity contribution in [1.82, 2.24) is 5.48 Å². The van der Waals surface area contributed by atoms with Crippen molar-refractivity contribution in [2.45, 2.75) is 24.9 Å². The molecule has 3 aromatic carbocycles. The minimum atomic E-state index is -4.41. The van der Waals surface area contributed by atoms with Crippen LogP contribution in [-0.4, -0.2) is 17.6 Å². The number of hydrogen-bond donors (Lipinski definition) is 1. The molecule has 0 spiro atoms. The quantitative estimate of drug-likeness (QED) is 0.180. The molecule has 0 aliphatic heterocycles. The predicted molar refractivity (Wildman–Crippen MR) is 146 cm³/mol. The van der Waals surface area contributed by atoms with Gasteiger partial charge in [-0.2, -0.15) is 13.2 Å². The number of allylic oxidation sites excluding steroid dienone is 6. The smallest absolute Gasteiger partial charge is 0.267 e. The predicted octanol–water partition coefficient (Wildman–Crippen LogP) is 8.18. The monoisotopic (exact) mass is 533 g/mol. The van der Waals surface area contributed by atoms with Gasteiger partial charge < -0.3 is 0 Å². The van der Waals surface area contributed by atoms with Gasteiger partial charge >= 0.3 is 6.18 Å². The van der Waals surface area contributed by atoms with Crippen LogP contribution in [0, 0.1) is 0 Å². The number of benzene rings is 3. The van der Waals surface area contributed by atoms with Gasteiger partial charge in [0.25, 0.3) is 5.91 Å². The Kier molecular flexibility index (Phi) is 7.86. The summed E-state index contributed by atoms with van der Waals surface area (Å²) < 4.78 is 38.7. The summed E-state index contributed by atoms with van der Waals surface area (Å²) in [5, 5.41) is 0. The van der Waals surface area contributed by atoms with Crippen molar-refractivity contribution < 1.29 is 22.8 Å². The second kappa shape index (κ2) is 11.5. The number of rotatable bonds is 8. The lowest BCUT2D eigenvalue weighted by atomic mass is 9.93. The van der Waals surface area contributed by atoms with Crippen LogP contribution in [0.3, 0.4) is 0 Å². The highest BCUT2D eigenvalue weighted by Gasteiger charge is 2.30. The molecular formula is C31H26F3NO2S. The van der Waals surface area contributed by atoms with Crippen molar-refractivity contribution in [3.05, 3.63) is 125 Å².